The molecule has 2 aromatic rings. The molecule has 0 aliphatic carbocycles. The molecule has 0 radical (unpaired) electrons. The third kappa shape index (κ3) is 3.19. The highest BCUT2D eigenvalue weighted by atomic mass is 16.5. The minimum absolute atomic E-state index is 0.0955. The van der Waals surface area contributed by atoms with Crippen LogP contribution in [-0.2, 0) is 0 Å². The Hall–Kier alpha value is -2.57. The Labute approximate surface area is 128 Å². The fourth-order valence-corrected chi connectivity index (χ4v) is 2.48. The number of aryl methyl sites for hydroxylation is 2. The summed E-state index contributed by atoms with van der Waals surface area (Å²) in [5.41, 5.74) is 2.09. The van der Waals surface area contributed by atoms with E-state index in [1.54, 1.807) is 11.1 Å². The molecule has 3 rings (SSSR count). The van der Waals surface area contributed by atoms with E-state index in [4.69, 9.17) is 4.74 Å². The van der Waals surface area contributed by atoms with Crippen molar-refractivity contribution in [2.24, 2.45) is 0 Å². The molecule has 0 aromatic carbocycles. The SMILES string of the molecule is Cc1cc(C)nc(O[C@H]2CCN(C(=O)c3cnccn3)C2)n1. The van der Waals surface area contributed by atoms with Crippen LogP contribution in [-0.4, -0.2) is 49.9 Å². The number of likely N-dealkylation sites (tertiary alicyclic amines) is 1. The molecule has 0 saturated carbocycles. The largest absolute Gasteiger partial charge is 0.458 e. The van der Waals surface area contributed by atoms with Gasteiger partial charge >= 0.3 is 6.01 Å². The van der Waals surface area contributed by atoms with E-state index in [1.807, 2.05) is 19.9 Å². The molecule has 114 valence electrons. The quantitative estimate of drug-likeness (QED) is 0.846. The maximum Gasteiger partial charge on any atom is 0.317 e. The summed E-state index contributed by atoms with van der Waals surface area (Å²) in [7, 11) is 0. The van der Waals surface area contributed by atoms with Gasteiger partial charge in [-0.3, -0.25) is 9.78 Å². The first-order valence-corrected chi connectivity index (χ1v) is 7.16. The van der Waals surface area contributed by atoms with Gasteiger partial charge in [-0.2, -0.15) is 0 Å². The highest BCUT2D eigenvalue weighted by Crippen LogP contribution is 2.17. The summed E-state index contributed by atoms with van der Waals surface area (Å²) in [6.45, 7) is 4.94. The molecule has 1 aliphatic rings. The Morgan fingerprint density at radius 2 is 2.05 bits per heavy atom. The Morgan fingerprint density at radius 1 is 1.27 bits per heavy atom. The van der Waals surface area contributed by atoms with Gasteiger partial charge in [0.1, 0.15) is 11.8 Å². The van der Waals surface area contributed by atoms with Crippen molar-refractivity contribution in [1.82, 2.24) is 24.8 Å². The third-order valence-corrected chi connectivity index (χ3v) is 3.45. The van der Waals surface area contributed by atoms with Gasteiger partial charge in [-0.05, 0) is 19.9 Å². The summed E-state index contributed by atoms with van der Waals surface area (Å²) in [6, 6.07) is 2.27. The van der Waals surface area contributed by atoms with Crippen molar-refractivity contribution in [3.8, 4) is 6.01 Å². The number of amides is 1. The average molecular weight is 299 g/mol. The lowest BCUT2D eigenvalue weighted by Crippen LogP contribution is -2.31. The predicted molar refractivity (Wildman–Crippen MR) is 78.5 cm³/mol. The average Bonchev–Trinajstić information content (AvgIpc) is 2.95. The Morgan fingerprint density at radius 3 is 2.73 bits per heavy atom. The number of hydrogen-bond acceptors (Lipinski definition) is 6. The number of rotatable bonds is 3. The summed E-state index contributed by atoms with van der Waals surface area (Å²) >= 11 is 0. The number of ether oxygens (including phenoxy) is 1. The zero-order chi connectivity index (χ0) is 15.5. The topological polar surface area (TPSA) is 81.1 Å². The summed E-state index contributed by atoms with van der Waals surface area (Å²) in [4.78, 5) is 30.5. The number of hydrogen-bond donors (Lipinski definition) is 0. The summed E-state index contributed by atoms with van der Waals surface area (Å²) in [6.07, 6.45) is 5.19. The zero-order valence-corrected chi connectivity index (χ0v) is 12.6. The molecule has 22 heavy (non-hydrogen) atoms. The summed E-state index contributed by atoms with van der Waals surface area (Å²) < 4.78 is 5.80. The van der Waals surface area contributed by atoms with E-state index in [-0.39, 0.29) is 12.0 Å². The van der Waals surface area contributed by atoms with Crippen LogP contribution in [0.25, 0.3) is 0 Å². The van der Waals surface area contributed by atoms with Crippen LogP contribution in [0.2, 0.25) is 0 Å². The van der Waals surface area contributed by atoms with Gasteiger partial charge < -0.3 is 9.64 Å². The first-order valence-electron chi connectivity index (χ1n) is 7.16. The molecule has 0 unspecified atom stereocenters. The van der Waals surface area contributed by atoms with Crippen LogP contribution < -0.4 is 4.74 Å². The van der Waals surface area contributed by atoms with Gasteiger partial charge in [0.25, 0.3) is 5.91 Å². The Balaban J connectivity index is 1.64. The minimum Gasteiger partial charge on any atom is -0.458 e. The van der Waals surface area contributed by atoms with Crippen molar-refractivity contribution >= 4 is 5.91 Å². The summed E-state index contributed by atoms with van der Waals surface area (Å²) in [5, 5.41) is 0. The molecule has 1 aliphatic heterocycles. The maximum absolute atomic E-state index is 12.3. The lowest BCUT2D eigenvalue weighted by Gasteiger charge is -2.16. The van der Waals surface area contributed by atoms with Crippen molar-refractivity contribution in [3.05, 3.63) is 41.7 Å². The molecule has 7 heteroatoms. The van der Waals surface area contributed by atoms with E-state index < -0.39 is 0 Å². The molecule has 2 aromatic heterocycles. The Kier molecular flexibility index (Phi) is 3.95. The first-order chi connectivity index (χ1) is 10.6. The van der Waals surface area contributed by atoms with Crippen LogP contribution in [0.1, 0.15) is 28.3 Å². The van der Waals surface area contributed by atoms with Crippen LogP contribution in [0.15, 0.2) is 24.7 Å². The Bertz CT molecular complexity index is 657. The van der Waals surface area contributed by atoms with E-state index in [0.29, 0.717) is 24.8 Å². The van der Waals surface area contributed by atoms with Gasteiger partial charge in [0.05, 0.1) is 12.7 Å². The van der Waals surface area contributed by atoms with Gasteiger partial charge in [-0.25, -0.2) is 15.0 Å². The van der Waals surface area contributed by atoms with Gasteiger partial charge in [-0.1, -0.05) is 0 Å². The molecule has 7 nitrogen and oxygen atoms in total. The molecular weight excluding hydrogens is 282 g/mol. The maximum atomic E-state index is 12.3. The van der Waals surface area contributed by atoms with E-state index in [9.17, 15) is 4.79 Å². The van der Waals surface area contributed by atoms with E-state index >= 15 is 0 Å². The lowest BCUT2D eigenvalue weighted by molar-refractivity contribution is 0.0763. The molecular formula is C15H17N5O2. The highest BCUT2D eigenvalue weighted by Gasteiger charge is 2.29. The van der Waals surface area contributed by atoms with E-state index in [2.05, 4.69) is 19.9 Å². The number of nitrogens with zero attached hydrogens (tertiary/aromatic N) is 5. The number of carbonyl (C=O) groups excluding carboxylic acids is 1. The number of aromatic nitrogens is 4. The van der Waals surface area contributed by atoms with E-state index in [0.717, 1.165) is 17.8 Å². The van der Waals surface area contributed by atoms with Gasteiger partial charge in [-0.15, -0.1) is 0 Å². The molecule has 1 atom stereocenters. The smallest absolute Gasteiger partial charge is 0.317 e. The van der Waals surface area contributed by atoms with Gasteiger partial charge in [0.2, 0.25) is 0 Å². The van der Waals surface area contributed by atoms with Crippen LogP contribution in [0.4, 0.5) is 0 Å². The van der Waals surface area contributed by atoms with Crippen LogP contribution in [0, 0.1) is 13.8 Å². The number of carbonyl (C=O) groups is 1. The highest BCUT2D eigenvalue weighted by molar-refractivity contribution is 5.92. The predicted octanol–water partition coefficient (Wildman–Crippen LogP) is 1.18. The van der Waals surface area contributed by atoms with Crippen molar-refractivity contribution in [2.75, 3.05) is 13.1 Å². The summed E-state index contributed by atoms with van der Waals surface area (Å²) in [5.74, 6) is -0.124. The van der Waals surface area contributed by atoms with Crippen molar-refractivity contribution < 1.29 is 9.53 Å². The van der Waals surface area contributed by atoms with Crippen molar-refractivity contribution in [1.29, 1.82) is 0 Å². The van der Waals surface area contributed by atoms with Crippen molar-refractivity contribution in [2.45, 2.75) is 26.4 Å². The molecule has 1 saturated heterocycles. The molecule has 0 bridgehead atoms. The van der Waals surface area contributed by atoms with Crippen LogP contribution >= 0.6 is 0 Å². The van der Waals surface area contributed by atoms with Crippen LogP contribution in [0.3, 0.4) is 0 Å². The molecule has 3 heterocycles. The first kappa shape index (κ1) is 14.4. The lowest BCUT2D eigenvalue weighted by atomic mass is 10.3. The molecule has 0 spiro atoms. The normalized spacial score (nSPS) is 17.5. The molecule has 1 fully saturated rings. The van der Waals surface area contributed by atoms with Crippen LogP contribution in [0.5, 0.6) is 6.01 Å². The minimum atomic E-state index is -0.124. The fourth-order valence-electron chi connectivity index (χ4n) is 2.48. The second-order valence-corrected chi connectivity index (χ2v) is 5.30. The monoisotopic (exact) mass is 299 g/mol. The van der Waals surface area contributed by atoms with Gasteiger partial charge in [0.15, 0.2) is 0 Å². The van der Waals surface area contributed by atoms with Crippen molar-refractivity contribution in [3.63, 3.8) is 0 Å². The van der Waals surface area contributed by atoms with Gasteiger partial charge in [0, 0.05) is 36.7 Å². The van der Waals surface area contributed by atoms with E-state index in [1.165, 1.54) is 12.4 Å². The molecule has 1 amide bonds. The second kappa shape index (κ2) is 6.05. The molecule has 0 N–H and O–H groups in total. The third-order valence-electron chi connectivity index (χ3n) is 3.45. The zero-order valence-electron chi connectivity index (χ0n) is 12.6. The standard InChI is InChI=1S/C15H17N5O2/c1-10-7-11(2)19-15(18-10)22-12-3-6-20(9-12)14(21)13-8-16-4-5-17-13/h4-5,7-8,12H,3,6,9H2,1-2H3/t12-/m0/s1. The fraction of sp³-hybridized carbons (Fsp3) is 0.400. The second-order valence-electron chi connectivity index (χ2n) is 5.30.